The van der Waals surface area contributed by atoms with Crippen LogP contribution in [0.1, 0.15) is 24.1 Å². The van der Waals surface area contributed by atoms with E-state index >= 15 is 0 Å². The predicted molar refractivity (Wildman–Crippen MR) is 135 cm³/mol. The minimum Gasteiger partial charge on any atom is -0.370 e. The quantitative estimate of drug-likeness (QED) is 0.538. The molecule has 170 valence electrons. The molecule has 2 saturated heterocycles. The Kier molecular flexibility index (Phi) is 6.69. The number of carbonyl (C=O) groups excluding carboxylic acids is 2. The van der Waals surface area contributed by atoms with Crippen LogP contribution < -0.4 is 16.0 Å². The van der Waals surface area contributed by atoms with Gasteiger partial charge in [-0.25, -0.2) is 4.98 Å². The largest absolute Gasteiger partial charge is 0.370 e. The van der Waals surface area contributed by atoms with Gasteiger partial charge >= 0.3 is 0 Å². The van der Waals surface area contributed by atoms with Gasteiger partial charge in [-0.1, -0.05) is 6.07 Å². The standard InChI is InChI=1S/C24H23N5O2S.ClH/c1-14-11-15(4-7-20(14)29-10-2-3-16(25)13-29)18-8-9-26-19-6-5-17(27-22(18)19)12-21-23(30)28-24(31)32-21;/h4-9,11-12,16H,2-3,10,13,25H2,1H3,(H,28,30,31);1H/t16-;/m1./s1. The molecule has 0 radical (unpaired) electrons. The lowest BCUT2D eigenvalue weighted by Gasteiger charge is -2.33. The van der Waals surface area contributed by atoms with Gasteiger partial charge in [0.15, 0.2) is 0 Å². The third-order valence-electron chi connectivity index (χ3n) is 5.83. The number of fused-ring (bicyclic) bond motifs is 1. The number of anilines is 1. The SMILES string of the molecule is Cc1cc(-c2ccnc3ccc(C=C4SC(=O)NC4=O)nc23)ccc1N1CCC[C@@H](N)C1.Cl. The van der Waals surface area contributed by atoms with Gasteiger partial charge in [0.05, 0.1) is 21.6 Å². The first-order valence-electron chi connectivity index (χ1n) is 10.6. The lowest BCUT2D eigenvalue weighted by molar-refractivity contribution is -0.115. The van der Waals surface area contributed by atoms with Crippen LogP contribution in [0.15, 0.2) is 47.5 Å². The Labute approximate surface area is 202 Å². The van der Waals surface area contributed by atoms with Gasteiger partial charge in [0, 0.05) is 36.6 Å². The molecule has 2 fully saturated rings. The number of thioether (sulfide) groups is 1. The van der Waals surface area contributed by atoms with Crippen molar-refractivity contribution in [1.82, 2.24) is 15.3 Å². The van der Waals surface area contributed by atoms with Gasteiger partial charge in [-0.2, -0.15) is 0 Å². The van der Waals surface area contributed by atoms with Crippen molar-refractivity contribution in [3.8, 4) is 11.1 Å². The highest BCUT2D eigenvalue weighted by Gasteiger charge is 2.25. The van der Waals surface area contributed by atoms with E-state index in [1.807, 2.05) is 12.1 Å². The average molecular weight is 482 g/mol. The summed E-state index contributed by atoms with van der Waals surface area (Å²) in [5, 5.41) is 1.90. The highest BCUT2D eigenvalue weighted by atomic mass is 35.5. The molecule has 4 heterocycles. The van der Waals surface area contributed by atoms with Gasteiger partial charge in [-0.3, -0.25) is 19.9 Å². The topological polar surface area (TPSA) is 101 Å². The second-order valence-corrected chi connectivity index (χ2v) is 9.18. The second-order valence-electron chi connectivity index (χ2n) is 8.16. The number of piperidine rings is 1. The molecule has 1 aromatic carbocycles. The lowest BCUT2D eigenvalue weighted by Crippen LogP contribution is -2.43. The molecule has 0 spiro atoms. The summed E-state index contributed by atoms with van der Waals surface area (Å²) in [7, 11) is 0. The molecule has 0 saturated carbocycles. The molecule has 5 rings (SSSR count). The van der Waals surface area contributed by atoms with Crippen molar-refractivity contribution in [3.63, 3.8) is 0 Å². The van der Waals surface area contributed by atoms with Crippen molar-refractivity contribution in [2.45, 2.75) is 25.8 Å². The van der Waals surface area contributed by atoms with E-state index in [4.69, 9.17) is 10.7 Å². The number of nitrogens with one attached hydrogen (secondary N) is 1. The predicted octanol–water partition coefficient (Wildman–Crippen LogP) is 4.28. The first-order valence-corrected chi connectivity index (χ1v) is 11.4. The molecule has 2 amide bonds. The number of aromatic nitrogens is 2. The van der Waals surface area contributed by atoms with Crippen LogP contribution in [0.25, 0.3) is 28.2 Å². The van der Waals surface area contributed by atoms with Gasteiger partial charge in [0.2, 0.25) is 0 Å². The highest BCUT2D eigenvalue weighted by Crippen LogP contribution is 2.32. The maximum Gasteiger partial charge on any atom is 0.290 e. The van der Waals surface area contributed by atoms with E-state index in [2.05, 4.69) is 40.3 Å². The van der Waals surface area contributed by atoms with Crippen molar-refractivity contribution in [1.29, 1.82) is 0 Å². The van der Waals surface area contributed by atoms with Crippen LogP contribution in [0.2, 0.25) is 0 Å². The first kappa shape index (κ1) is 23.2. The molecule has 0 bridgehead atoms. The van der Waals surface area contributed by atoms with Crippen LogP contribution in [0.5, 0.6) is 0 Å². The van der Waals surface area contributed by atoms with Crippen molar-refractivity contribution < 1.29 is 9.59 Å². The summed E-state index contributed by atoms with van der Waals surface area (Å²) in [4.78, 5) is 35.2. The molecule has 3 aromatic rings. The van der Waals surface area contributed by atoms with Crippen LogP contribution in [0.3, 0.4) is 0 Å². The van der Waals surface area contributed by atoms with Crippen molar-refractivity contribution in [2.75, 3.05) is 18.0 Å². The molecule has 9 heteroatoms. The fraction of sp³-hybridized carbons (Fsp3) is 0.250. The minimum absolute atomic E-state index is 0. The number of carbonyl (C=O) groups is 2. The zero-order valence-electron chi connectivity index (χ0n) is 18.1. The zero-order valence-corrected chi connectivity index (χ0v) is 19.7. The van der Waals surface area contributed by atoms with E-state index < -0.39 is 5.91 Å². The summed E-state index contributed by atoms with van der Waals surface area (Å²) in [5.74, 6) is -0.392. The molecule has 0 aliphatic carbocycles. The Morgan fingerprint density at radius 3 is 2.79 bits per heavy atom. The molecular formula is C24H24ClN5O2S. The van der Waals surface area contributed by atoms with Crippen molar-refractivity contribution in [3.05, 3.63) is 58.8 Å². The third-order valence-corrected chi connectivity index (χ3v) is 6.64. The Morgan fingerprint density at radius 2 is 2.06 bits per heavy atom. The van der Waals surface area contributed by atoms with Crippen molar-refractivity contribution in [2.24, 2.45) is 5.73 Å². The summed E-state index contributed by atoms with van der Waals surface area (Å²) in [6, 6.07) is 12.3. The number of imide groups is 1. The molecular weight excluding hydrogens is 458 g/mol. The summed E-state index contributed by atoms with van der Waals surface area (Å²) in [6.07, 6.45) is 5.61. The van der Waals surface area contributed by atoms with Gasteiger partial charge in [-0.15, -0.1) is 12.4 Å². The van der Waals surface area contributed by atoms with Crippen molar-refractivity contribution >= 4 is 58.1 Å². The molecule has 2 aliphatic rings. The van der Waals surface area contributed by atoms with E-state index in [0.717, 1.165) is 59.9 Å². The molecule has 0 unspecified atom stereocenters. The van der Waals surface area contributed by atoms with E-state index in [1.165, 1.54) is 11.3 Å². The number of rotatable bonds is 3. The molecule has 7 nitrogen and oxygen atoms in total. The van der Waals surface area contributed by atoms with E-state index in [1.54, 1.807) is 18.3 Å². The van der Waals surface area contributed by atoms with E-state index in [9.17, 15) is 9.59 Å². The number of hydrogen-bond donors (Lipinski definition) is 2. The van der Waals surface area contributed by atoms with Gasteiger partial charge in [0.25, 0.3) is 11.1 Å². The lowest BCUT2D eigenvalue weighted by atomic mass is 9.99. The van der Waals surface area contributed by atoms with E-state index in [0.29, 0.717) is 10.6 Å². The highest BCUT2D eigenvalue weighted by molar-refractivity contribution is 8.18. The Hall–Kier alpha value is -2.94. The molecule has 33 heavy (non-hydrogen) atoms. The number of amides is 2. The maximum absolute atomic E-state index is 11.9. The molecule has 1 atom stereocenters. The van der Waals surface area contributed by atoms with Crippen LogP contribution in [-0.4, -0.2) is 40.2 Å². The second kappa shape index (κ2) is 9.51. The number of aryl methyl sites for hydroxylation is 1. The number of halogens is 1. The number of hydrogen-bond acceptors (Lipinski definition) is 7. The number of pyridine rings is 2. The fourth-order valence-corrected chi connectivity index (χ4v) is 4.98. The van der Waals surface area contributed by atoms with Crippen LogP contribution in [0, 0.1) is 6.92 Å². The van der Waals surface area contributed by atoms with Gasteiger partial charge in [0.1, 0.15) is 0 Å². The molecule has 2 aromatic heterocycles. The maximum atomic E-state index is 11.9. The molecule has 3 N–H and O–H groups in total. The number of nitrogens with zero attached hydrogens (tertiary/aromatic N) is 3. The van der Waals surface area contributed by atoms with Gasteiger partial charge in [-0.05, 0) is 79.1 Å². The van der Waals surface area contributed by atoms with E-state index in [-0.39, 0.29) is 23.7 Å². The fourth-order valence-electron chi connectivity index (χ4n) is 4.32. The summed E-state index contributed by atoms with van der Waals surface area (Å²) < 4.78 is 0. The Bertz CT molecular complexity index is 1280. The smallest absolute Gasteiger partial charge is 0.290 e. The zero-order chi connectivity index (χ0) is 22.2. The first-order chi connectivity index (χ1) is 15.5. The number of nitrogens with two attached hydrogens (primary N) is 1. The normalized spacial score (nSPS) is 19.6. The number of benzene rings is 1. The monoisotopic (exact) mass is 481 g/mol. The molecule has 2 aliphatic heterocycles. The summed E-state index contributed by atoms with van der Waals surface area (Å²) >= 11 is 0.884. The van der Waals surface area contributed by atoms with Crippen LogP contribution >= 0.6 is 24.2 Å². The van der Waals surface area contributed by atoms with Crippen LogP contribution in [0.4, 0.5) is 10.5 Å². The third kappa shape index (κ3) is 4.73. The summed E-state index contributed by atoms with van der Waals surface area (Å²) in [6.45, 7) is 4.03. The minimum atomic E-state index is -0.392. The summed E-state index contributed by atoms with van der Waals surface area (Å²) in [5.41, 5.74) is 12.7. The Morgan fingerprint density at radius 1 is 1.21 bits per heavy atom. The van der Waals surface area contributed by atoms with Gasteiger partial charge < -0.3 is 10.6 Å². The Balaban J connectivity index is 0.00000259. The van der Waals surface area contributed by atoms with Crippen LogP contribution in [-0.2, 0) is 4.79 Å². The average Bonchev–Trinajstić information content (AvgIpc) is 3.09.